The molecule has 0 heterocycles. The van der Waals surface area contributed by atoms with E-state index in [9.17, 15) is 14.4 Å². The number of rotatable bonds is 4. The summed E-state index contributed by atoms with van der Waals surface area (Å²) in [6.07, 6.45) is -0.811. The summed E-state index contributed by atoms with van der Waals surface area (Å²) in [6.45, 7) is 0. The molecule has 3 N–H and O–H groups in total. The number of carbonyl (C=O) groups is 3. The number of imide groups is 1. The number of anilines is 1. The third-order valence-electron chi connectivity index (χ3n) is 2.10. The number of ether oxygens (including phenoxy) is 1. The fraction of sp³-hybridized carbons (Fsp3) is 0.182. The number of hydrogen-bond donors (Lipinski definition) is 2. The van der Waals surface area contributed by atoms with E-state index >= 15 is 0 Å². The van der Waals surface area contributed by atoms with E-state index in [4.69, 9.17) is 15.6 Å². The SMILES string of the molecule is COc1ccc(N(C(N)=O)C(=O)CC(=O)O)cc1. The fourth-order valence-electron chi connectivity index (χ4n) is 1.33. The normalized spacial score (nSPS) is 9.61. The molecule has 0 fully saturated rings. The van der Waals surface area contributed by atoms with Crippen LogP contribution in [0.1, 0.15) is 6.42 Å². The van der Waals surface area contributed by atoms with Gasteiger partial charge in [-0.2, -0.15) is 0 Å². The van der Waals surface area contributed by atoms with Gasteiger partial charge >= 0.3 is 12.0 Å². The van der Waals surface area contributed by atoms with Crippen molar-refractivity contribution in [2.45, 2.75) is 6.42 Å². The van der Waals surface area contributed by atoms with Crippen molar-refractivity contribution in [2.75, 3.05) is 12.0 Å². The van der Waals surface area contributed by atoms with Gasteiger partial charge in [-0.15, -0.1) is 0 Å². The van der Waals surface area contributed by atoms with Crippen LogP contribution >= 0.6 is 0 Å². The first-order chi connectivity index (χ1) is 8.45. The van der Waals surface area contributed by atoms with E-state index in [0.29, 0.717) is 10.6 Å². The predicted octanol–water partition coefficient (Wildman–Crippen LogP) is 0.582. The van der Waals surface area contributed by atoms with Gasteiger partial charge in [-0.25, -0.2) is 9.69 Å². The van der Waals surface area contributed by atoms with Gasteiger partial charge in [-0.3, -0.25) is 9.59 Å². The lowest BCUT2D eigenvalue weighted by atomic mass is 10.2. The Labute approximate surface area is 103 Å². The largest absolute Gasteiger partial charge is 0.497 e. The minimum absolute atomic E-state index is 0.189. The van der Waals surface area contributed by atoms with Crippen LogP contribution in [-0.2, 0) is 9.59 Å². The second-order valence-corrected chi connectivity index (χ2v) is 3.34. The Balaban J connectivity index is 3.00. The van der Waals surface area contributed by atoms with Crippen LogP contribution in [0, 0.1) is 0 Å². The number of carbonyl (C=O) groups excluding carboxylic acids is 2. The van der Waals surface area contributed by atoms with Crippen molar-refractivity contribution >= 4 is 23.6 Å². The molecule has 1 aromatic carbocycles. The lowest BCUT2D eigenvalue weighted by Crippen LogP contribution is -2.41. The molecule has 7 nitrogen and oxygen atoms in total. The Morgan fingerprint density at radius 3 is 2.22 bits per heavy atom. The van der Waals surface area contributed by atoms with Gasteiger partial charge < -0.3 is 15.6 Å². The van der Waals surface area contributed by atoms with Gasteiger partial charge in [0.25, 0.3) is 0 Å². The number of nitrogens with two attached hydrogens (primary N) is 1. The predicted molar refractivity (Wildman–Crippen MR) is 62.3 cm³/mol. The Hall–Kier alpha value is -2.57. The standard InChI is InChI=1S/C11H12N2O5/c1-18-8-4-2-7(3-5-8)13(11(12)17)9(14)6-10(15)16/h2-5H,6H2,1H3,(H2,12,17)(H,15,16). The summed E-state index contributed by atoms with van der Waals surface area (Å²) in [4.78, 5) is 33.8. The van der Waals surface area contributed by atoms with Crippen molar-refractivity contribution in [3.63, 3.8) is 0 Å². The van der Waals surface area contributed by atoms with Crippen LogP contribution in [0.4, 0.5) is 10.5 Å². The van der Waals surface area contributed by atoms with E-state index in [0.717, 1.165) is 0 Å². The second kappa shape index (κ2) is 5.67. The number of methoxy groups -OCH3 is 1. The number of carboxylic acid groups (broad SMARTS) is 1. The van der Waals surface area contributed by atoms with Crippen LogP contribution in [0.5, 0.6) is 5.75 Å². The molecule has 3 amide bonds. The molecular formula is C11H12N2O5. The molecule has 0 saturated carbocycles. The molecule has 1 rings (SSSR count). The van der Waals surface area contributed by atoms with Crippen LogP contribution in [0.15, 0.2) is 24.3 Å². The molecule has 0 aliphatic rings. The molecule has 0 unspecified atom stereocenters. The summed E-state index contributed by atoms with van der Waals surface area (Å²) < 4.78 is 4.92. The lowest BCUT2D eigenvalue weighted by Gasteiger charge is -2.17. The van der Waals surface area contributed by atoms with Gasteiger partial charge in [-0.1, -0.05) is 0 Å². The number of aliphatic carboxylic acids is 1. The summed E-state index contributed by atoms with van der Waals surface area (Å²) in [7, 11) is 1.47. The molecule has 1 aromatic rings. The van der Waals surface area contributed by atoms with E-state index in [2.05, 4.69) is 0 Å². The smallest absolute Gasteiger partial charge is 0.326 e. The highest BCUT2D eigenvalue weighted by Gasteiger charge is 2.23. The zero-order valence-electron chi connectivity index (χ0n) is 9.62. The van der Waals surface area contributed by atoms with Crippen molar-refractivity contribution in [1.82, 2.24) is 0 Å². The molecule has 7 heteroatoms. The van der Waals surface area contributed by atoms with E-state index < -0.39 is 24.3 Å². The first kappa shape index (κ1) is 13.5. The van der Waals surface area contributed by atoms with E-state index in [1.54, 1.807) is 0 Å². The summed E-state index contributed by atoms with van der Waals surface area (Å²) in [6, 6.07) is 4.89. The van der Waals surface area contributed by atoms with Crippen molar-refractivity contribution in [2.24, 2.45) is 5.73 Å². The van der Waals surface area contributed by atoms with Crippen LogP contribution < -0.4 is 15.4 Å². The minimum atomic E-state index is -1.33. The number of nitrogens with zero attached hydrogens (tertiary/aromatic N) is 1. The van der Waals surface area contributed by atoms with E-state index in [1.807, 2.05) is 0 Å². The van der Waals surface area contributed by atoms with Crippen LogP contribution in [-0.4, -0.2) is 30.1 Å². The Morgan fingerprint density at radius 1 is 1.28 bits per heavy atom. The zero-order chi connectivity index (χ0) is 13.7. The number of primary amides is 1. The number of benzene rings is 1. The maximum absolute atomic E-state index is 11.6. The summed E-state index contributed by atoms with van der Waals surface area (Å²) in [5, 5.41) is 8.52. The highest BCUT2D eigenvalue weighted by Crippen LogP contribution is 2.19. The van der Waals surface area contributed by atoms with Crippen molar-refractivity contribution in [1.29, 1.82) is 0 Å². The second-order valence-electron chi connectivity index (χ2n) is 3.34. The Morgan fingerprint density at radius 2 is 1.83 bits per heavy atom. The van der Waals surface area contributed by atoms with Crippen LogP contribution in [0.2, 0.25) is 0 Å². The maximum Gasteiger partial charge on any atom is 0.326 e. The van der Waals surface area contributed by atoms with E-state index in [1.165, 1.54) is 31.4 Å². The molecule has 0 radical (unpaired) electrons. The van der Waals surface area contributed by atoms with Gasteiger partial charge in [0.1, 0.15) is 12.2 Å². The number of urea groups is 1. The van der Waals surface area contributed by atoms with Gasteiger partial charge in [0.15, 0.2) is 0 Å². The van der Waals surface area contributed by atoms with Crippen LogP contribution in [0.3, 0.4) is 0 Å². The quantitative estimate of drug-likeness (QED) is 0.761. The highest BCUT2D eigenvalue weighted by atomic mass is 16.5. The molecule has 0 atom stereocenters. The summed E-state index contributed by atoms with van der Waals surface area (Å²) in [5.41, 5.74) is 5.25. The van der Waals surface area contributed by atoms with Gasteiger partial charge in [0, 0.05) is 0 Å². The first-order valence-corrected chi connectivity index (χ1v) is 4.94. The lowest BCUT2D eigenvalue weighted by molar-refractivity contribution is -0.139. The third-order valence-corrected chi connectivity index (χ3v) is 2.10. The molecule has 96 valence electrons. The van der Waals surface area contributed by atoms with Gasteiger partial charge in [0.05, 0.1) is 12.8 Å². The number of hydrogen-bond acceptors (Lipinski definition) is 4. The molecule has 0 bridgehead atoms. The fourth-order valence-corrected chi connectivity index (χ4v) is 1.33. The molecule has 0 aliphatic heterocycles. The summed E-state index contributed by atoms with van der Waals surface area (Å²) >= 11 is 0. The minimum Gasteiger partial charge on any atom is -0.497 e. The van der Waals surface area contributed by atoms with Crippen molar-refractivity contribution in [3.8, 4) is 5.75 Å². The first-order valence-electron chi connectivity index (χ1n) is 4.94. The van der Waals surface area contributed by atoms with Gasteiger partial charge in [0.2, 0.25) is 5.91 Å². The zero-order valence-corrected chi connectivity index (χ0v) is 9.62. The average molecular weight is 252 g/mol. The molecule has 0 spiro atoms. The van der Waals surface area contributed by atoms with Gasteiger partial charge in [-0.05, 0) is 24.3 Å². The molecule has 0 saturated heterocycles. The monoisotopic (exact) mass is 252 g/mol. The molecule has 18 heavy (non-hydrogen) atoms. The van der Waals surface area contributed by atoms with Crippen molar-refractivity contribution < 1.29 is 24.2 Å². The van der Waals surface area contributed by atoms with Crippen LogP contribution in [0.25, 0.3) is 0 Å². The number of carboxylic acids is 1. The molecule has 0 aliphatic carbocycles. The maximum atomic E-state index is 11.6. The molecule has 0 aromatic heterocycles. The third kappa shape index (κ3) is 3.21. The summed E-state index contributed by atoms with van der Waals surface area (Å²) in [5.74, 6) is -1.70. The number of amides is 3. The Kier molecular flexibility index (Phi) is 4.25. The molecular weight excluding hydrogens is 240 g/mol. The topological polar surface area (TPSA) is 110 Å². The van der Waals surface area contributed by atoms with E-state index in [-0.39, 0.29) is 5.69 Å². The Bertz CT molecular complexity index is 469. The average Bonchev–Trinajstić information content (AvgIpc) is 2.28. The highest BCUT2D eigenvalue weighted by molar-refractivity contribution is 6.17. The van der Waals surface area contributed by atoms with Crippen molar-refractivity contribution in [3.05, 3.63) is 24.3 Å².